The summed E-state index contributed by atoms with van der Waals surface area (Å²) in [5, 5.41) is 19.7. The van der Waals surface area contributed by atoms with E-state index in [1.807, 2.05) is 6.92 Å². The number of carbonyl (C=O) groups is 1. The fourth-order valence-electron chi connectivity index (χ4n) is 0.737. The molecule has 82 valence electrons. The normalized spacial score (nSPS) is 11.7. The molecule has 0 amide bonds. The number of carboxylic acids is 1. The van der Waals surface area contributed by atoms with Gasteiger partial charge in [0, 0.05) is 11.3 Å². The van der Waals surface area contributed by atoms with Crippen LogP contribution in [0.3, 0.4) is 0 Å². The minimum absolute atomic E-state index is 0.237. The lowest BCUT2D eigenvalue weighted by Crippen LogP contribution is -2.11. The number of hydrogen-bond acceptors (Lipinski definition) is 5. The van der Waals surface area contributed by atoms with E-state index in [1.165, 1.54) is 22.0 Å². The third-order valence-corrected chi connectivity index (χ3v) is 2.92. The van der Waals surface area contributed by atoms with E-state index in [1.54, 1.807) is 0 Å². The maximum absolute atomic E-state index is 10.5. The predicted molar refractivity (Wildman–Crippen MR) is 55.8 cm³/mol. The molecule has 0 aliphatic heterocycles. The summed E-state index contributed by atoms with van der Waals surface area (Å²) in [5.41, 5.74) is 2.43. The Morgan fingerprint density at radius 1 is 1.73 bits per heavy atom. The Balaban J connectivity index is 2.61. The number of halogens is 1. The van der Waals surface area contributed by atoms with Crippen LogP contribution in [0.5, 0.6) is 0 Å². The van der Waals surface area contributed by atoms with Crippen LogP contribution in [-0.2, 0) is 11.3 Å². The van der Waals surface area contributed by atoms with Gasteiger partial charge >= 0.3 is 5.97 Å². The molecular weight excluding hydrogens is 240 g/mol. The van der Waals surface area contributed by atoms with Crippen LogP contribution < -0.4 is 0 Å². The first-order valence-corrected chi connectivity index (χ1v) is 5.42. The number of aromatic nitrogens is 4. The third kappa shape index (κ3) is 3.88. The molecule has 0 saturated heterocycles. The van der Waals surface area contributed by atoms with Crippen LogP contribution in [0.2, 0.25) is 0 Å². The molecule has 8 heteroatoms. The molecular formula is C7H9ClN4O2S. The molecule has 0 saturated carbocycles. The Kier molecular flexibility index (Phi) is 4.57. The van der Waals surface area contributed by atoms with E-state index in [9.17, 15) is 4.79 Å². The topological polar surface area (TPSA) is 80.9 Å². The van der Waals surface area contributed by atoms with Crippen molar-refractivity contribution in [1.82, 2.24) is 20.2 Å². The lowest BCUT2D eigenvalue weighted by atomic mass is 10.4. The van der Waals surface area contributed by atoms with E-state index in [0.29, 0.717) is 10.9 Å². The van der Waals surface area contributed by atoms with Gasteiger partial charge in [-0.2, -0.15) is 0 Å². The average Bonchev–Trinajstić information content (AvgIpc) is 2.61. The van der Waals surface area contributed by atoms with Crippen LogP contribution >= 0.6 is 23.4 Å². The summed E-state index contributed by atoms with van der Waals surface area (Å²) in [5.74, 6) is -0.350. The average molecular weight is 249 g/mol. The third-order valence-electron chi connectivity index (χ3n) is 1.40. The van der Waals surface area contributed by atoms with Gasteiger partial charge in [-0.3, -0.25) is 4.79 Å². The van der Waals surface area contributed by atoms with Crippen LogP contribution in [0.15, 0.2) is 16.3 Å². The molecule has 1 heterocycles. The summed E-state index contributed by atoms with van der Waals surface area (Å²) < 4.78 is 1.23. The Bertz CT molecular complexity index is 379. The second-order valence-electron chi connectivity index (χ2n) is 2.76. The van der Waals surface area contributed by atoms with E-state index in [2.05, 4.69) is 15.5 Å². The zero-order valence-corrected chi connectivity index (χ0v) is 9.49. The highest BCUT2D eigenvalue weighted by atomic mass is 35.5. The number of tetrazole rings is 1. The van der Waals surface area contributed by atoms with Crippen molar-refractivity contribution >= 4 is 29.3 Å². The second-order valence-corrected chi connectivity index (χ2v) is 3.92. The van der Waals surface area contributed by atoms with Crippen molar-refractivity contribution in [2.45, 2.75) is 18.6 Å². The van der Waals surface area contributed by atoms with Crippen LogP contribution in [0, 0.1) is 0 Å². The van der Waals surface area contributed by atoms with E-state index >= 15 is 0 Å². The summed E-state index contributed by atoms with van der Waals surface area (Å²) in [6, 6.07) is 0. The molecule has 0 aliphatic rings. The van der Waals surface area contributed by atoms with E-state index in [0.717, 1.165) is 5.57 Å². The van der Waals surface area contributed by atoms with Gasteiger partial charge in [0.15, 0.2) is 0 Å². The zero-order chi connectivity index (χ0) is 11.3. The van der Waals surface area contributed by atoms with Crippen molar-refractivity contribution < 1.29 is 9.90 Å². The lowest BCUT2D eigenvalue weighted by molar-refractivity contribution is -0.138. The summed E-state index contributed by atoms with van der Waals surface area (Å²) in [4.78, 5) is 10.5. The molecule has 1 aromatic rings. The lowest BCUT2D eigenvalue weighted by Gasteiger charge is -2.00. The number of rotatable bonds is 5. The van der Waals surface area contributed by atoms with Crippen LogP contribution in [0.1, 0.15) is 6.92 Å². The van der Waals surface area contributed by atoms with Gasteiger partial charge in [0.1, 0.15) is 6.54 Å². The number of aliphatic carboxylic acids is 1. The minimum Gasteiger partial charge on any atom is -0.480 e. The van der Waals surface area contributed by atoms with Gasteiger partial charge in [-0.25, -0.2) is 4.68 Å². The first-order valence-electron chi connectivity index (χ1n) is 4.00. The Hall–Kier alpha value is -1.08. The molecule has 1 rings (SSSR count). The summed E-state index contributed by atoms with van der Waals surface area (Å²) in [7, 11) is 0. The van der Waals surface area contributed by atoms with Crippen molar-refractivity contribution in [1.29, 1.82) is 0 Å². The molecule has 0 unspecified atom stereocenters. The van der Waals surface area contributed by atoms with Crippen molar-refractivity contribution in [2.75, 3.05) is 5.75 Å². The van der Waals surface area contributed by atoms with E-state index in [4.69, 9.17) is 16.7 Å². The van der Waals surface area contributed by atoms with Crippen molar-refractivity contribution in [3.8, 4) is 0 Å². The fourth-order valence-corrected chi connectivity index (χ4v) is 1.69. The fraction of sp³-hybridized carbons (Fsp3) is 0.429. The summed E-state index contributed by atoms with van der Waals surface area (Å²) in [6.45, 7) is 1.63. The smallest absolute Gasteiger partial charge is 0.325 e. The highest BCUT2D eigenvalue weighted by Crippen LogP contribution is 2.17. The van der Waals surface area contributed by atoms with Gasteiger partial charge in [0.25, 0.3) is 0 Å². The molecule has 1 N–H and O–H groups in total. The van der Waals surface area contributed by atoms with Gasteiger partial charge in [-0.1, -0.05) is 28.9 Å². The van der Waals surface area contributed by atoms with Crippen LogP contribution in [0.25, 0.3) is 0 Å². The second kappa shape index (κ2) is 5.72. The number of nitrogens with zero attached hydrogens (tertiary/aromatic N) is 4. The summed E-state index contributed by atoms with van der Waals surface area (Å²) >= 11 is 6.83. The Morgan fingerprint density at radius 2 is 2.47 bits per heavy atom. The quantitative estimate of drug-likeness (QED) is 0.783. The predicted octanol–water partition coefficient (Wildman–Crippen LogP) is 0.992. The molecule has 0 radical (unpaired) electrons. The Labute approximate surface area is 95.3 Å². The van der Waals surface area contributed by atoms with Gasteiger partial charge < -0.3 is 5.11 Å². The van der Waals surface area contributed by atoms with E-state index in [-0.39, 0.29) is 6.54 Å². The van der Waals surface area contributed by atoms with Gasteiger partial charge in [-0.05, 0) is 17.4 Å². The molecule has 0 atom stereocenters. The zero-order valence-electron chi connectivity index (χ0n) is 7.92. The molecule has 0 fully saturated rings. The first-order chi connectivity index (χ1) is 7.13. The maximum Gasteiger partial charge on any atom is 0.325 e. The maximum atomic E-state index is 10.5. The highest BCUT2D eigenvalue weighted by molar-refractivity contribution is 7.99. The minimum atomic E-state index is -0.978. The van der Waals surface area contributed by atoms with E-state index < -0.39 is 5.97 Å². The number of carboxylic acid groups (broad SMARTS) is 1. The molecule has 0 spiro atoms. The number of thioether (sulfide) groups is 1. The SMILES string of the molecule is CC(=CCl)CSc1nnnn1CC(=O)O. The Morgan fingerprint density at radius 3 is 3.07 bits per heavy atom. The molecule has 0 aromatic carbocycles. The molecule has 0 aliphatic carbocycles. The van der Waals surface area contributed by atoms with Crippen molar-refractivity contribution in [2.24, 2.45) is 0 Å². The largest absolute Gasteiger partial charge is 0.480 e. The van der Waals surface area contributed by atoms with Crippen LogP contribution in [0.4, 0.5) is 0 Å². The van der Waals surface area contributed by atoms with Crippen LogP contribution in [-0.4, -0.2) is 37.0 Å². The van der Waals surface area contributed by atoms with Crippen molar-refractivity contribution in [3.63, 3.8) is 0 Å². The summed E-state index contributed by atoms with van der Waals surface area (Å²) in [6.07, 6.45) is 0. The monoisotopic (exact) mass is 248 g/mol. The molecule has 15 heavy (non-hydrogen) atoms. The van der Waals surface area contributed by atoms with Crippen molar-refractivity contribution in [3.05, 3.63) is 11.1 Å². The molecule has 0 bridgehead atoms. The van der Waals surface area contributed by atoms with Gasteiger partial charge in [-0.15, -0.1) is 5.10 Å². The highest BCUT2D eigenvalue weighted by Gasteiger charge is 2.09. The van der Waals surface area contributed by atoms with Gasteiger partial charge in [0.05, 0.1) is 0 Å². The standard InChI is InChI=1S/C7H9ClN4O2S/c1-5(2-8)4-15-7-9-10-11-12(7)3-6(13)14/h2H,3-4H2,1H3,(H,13,14). The molecule has 6 nitrogen and oxygen atoms in total. The molecule has 1 aromatic heterocycles. The first kappa shape index (κ1) is 12.0. The number of hydrogen-bond donors (Lipinski definition) is 1. The van der Waals surface area contributed by atoms with Gasteiger partial charge in [0.2, 0.25) is 5.16 Å².